The van der Waals surface area contributed by atoms with Gasteiger partial charge in [0.15, 0.2) is 5.15 Å². The number of imidazole rings is 1. The van der Waals surface area contributed by atoms with E-state index in [1.165, 1.54) is 6.21 Å². The summed E-state index contributed by atoms with van der Waals surface area (Å²) in [6, 6.07) is 16.9. The van der Waals surface area contributed by atoms with E-state index in [-0.39, 0.29) is 5.15 Å². The molecular formula is C31H29Cl2N5O3. The highest BCUT2D eigenvalue weighted by molar-refractivity contribution is 6.32. The van der Waals surface area contributed by atoms with E-state index >= 15 is 0 Å². The van der Waals surface area contributed by atoms with Gasteiger partial charge >= 0.3 is 0 Å². The zero-order valence-corrected chi connectivity index (χ0v) is 24.2. The van der Waals surface area contributed by atoms with Gasteiger partial charge in [-0.1, -0.05) is 60.8 Å². The molecule has 4 aromatic rings. The lowest BCUT2D eigenvalue weighted by Crippen LogP contribution is -2.38. The summed E-state index contributed by atoms with van der Waals surface area (Å²) in [5, 5.41) is 7.74. The van der Waals surface area contributed by atoms with Crippen LogP contribution in [-0.4, -0.2) is 58.9 Å². The number of rotatable bonds is 8. The summed E-state index contributed by atoms with van der Waals surface area (Å²) in [7, 11) is 0. The summed E-state index contributed by atoms with van der Waals surface area (Å²) in [6.45, 7) is 5.36. The first kappa shape index (κ1) is 27.4. The highest BCUT2D eigenvalue weighted by Crippen LogP contribution is 2.36. The van der Waals surface area contributed by atoms with E-state index in [4.69, 9.17) is 27.9 Å². The number of morpholine rings is 1. The Hall–Kier alpha value is -3.72. The van der Waals surface area contributed by atoms with E-state index in [1.807, 2.05) is 47.0 Å². The summed E-state index contributed by atoms with van der Waals surface area (Å²) in [5.74, 6) is -0.154. The van der Waals surface area contributed by atoms with Gasteiger partial charge in [-0.2, -0.15) is 10.1 Å². The van der Waals surface area contributed by atoms with Crippen LogP contribution in [0, 0.1) is 0 Å². The summed E-state index contributed by atoms with van der Waals surface area (Å²) < 4.78 is 7.47. The van der Waals surface area contributed by atoms with Crippen LogP contribution in [0.4, 0.5) is 5.69 Å². The molecule has 0 N–H and O–H groups in total. The minimum absolute atomic E-state index is 0.261. The van der Waals surface area contributed by atoms with Crippen molar-refractivity contribution in [2.24, 2.45) is 5.10 Å². The van der Waals surface area contributed by atoms with Crippen molar-refractivity contribution in [3.63, 3.8) is 0 Å². The molecule has 0 unspecified atom stereocenters. The number of aryl methyl sites for hydroxylation is 1. The fraction of sp³-hybridized carbons (Fsp3) is 0.290. The smallest absolute Gasteiger partial charge is 0.282 e. The molecule has 3 aromatic carbocycles. The Morgan fingerprint density at radius 3 is 2.51 bits per heavy atom. The van der Waals surface area contributed by atoms with Gasteiger partial charge < -0.3 is 14.2 Å². The minimum atomic E-state index is -0.480. The number of ether oxygens (including phenoxy) is 1. The standard InChI is InChI=1S/C31H29Cl2N5O3/c1-2-3-10-27-35-29(33)26(37(27)19-20-6-4-7-21(32)17-20)18-34-38-30(39)23-9-5-8-22-25(36-13-15-41-16-14-36)12-11-24(28(22)23)31(38)40/h4-9,11-12,17-18H,2-3,10,13-16,19H2,1H3/b34-18+. The lowest BCUT2D eigenvalue weighted by Gasteiger charge is -2.31. The van der Waals surface area contributed by atoms with Crippen LogP contribution in [0.25, 0.3) is 10.8 Å². The lowest BCUT2D eigenvalue weighted by molar-refractivity contribution is 0.0616. The Labute approximate surface area is 248 Å². The summed E-state index contributed by atoms with van der Waals surface area (Å²) >= 11 is 12.8. The molecule has 0 aliphatic carbocycles. The van der Waals surface area contributed by atoms with Crippen LogP contribution in [-0.2, 0) is 17.7 Å². The van der Waals surface area contributed by atoms with Crippen molar-refractivity contribution in [3.05, 3.63) is 93.0 Å². The minimum Gasteiger partial charge on any atom is -0.378 e. The molecule has 0 bridgehead atoms. The van der Waals surface area contributed by atoms with E-state index < -0.39 is 11.8 Å². The lowest BCUT2D eigenvalue weighted by atomic mass is 9.93. The fourth-order valence-corrected chi connectivity index (χ4v) is 5.95. The van der Waals surface area contributed by atoms with Crippen LogP contribution in [0.15, 0.2) is 59.7 Å². The summed E-state index contributed by atoms with van der Waals surface area (Å²) in [4.78, 5) is 34.1. The molecule has 210 valence electrons. The molecule has 8 nitrogen and oxygen atoms in total. The third-order valence-electron chi connectivity index (χ3n) is 7.54. The number of hydrogen-bond donors (Lipinski definition) is 0. The number of aromatic nitrogens is 2. The number of hydrogen-bond acceptors (Lipinski definition) is 6. The zero-order chi connectivity index (χ0) is 28.5. The van der Waals surface area contributed by atoms with Crippen molar-refractivity contribution in [2.45, 2.75) is 32.7 Å². The Kier molecular flexibility index (Phi) is 7.79. The van der Waals surface area contributed by atoms with Crippen LogP contribution < -0.4 is 4.90 Å². The molecule has 3 heterocycles. The van der Waals surface area contributed by atoms with Gasteiger partial charge in [0.05, 0.1) is 30.6 Å². The first-order valence-electron chi connectivity index (χ1n) is 13.8. The zero-order valence-electron chi connectivity index (χ0n) is 22.6. The monoisotopic (exact) mass is 589 g/mol. The number of benzene rings is 3. The predicted octanol–water partition coefficient (Wildman–Crippen LogP) is 6.20. The fourth-order valence-electron chi connectivity index (χ4n) is 5.49. The van der Waals surface area contributed by atoms with Gasteiger partial charge in [-0.15, -0.1) is 0 Å². The number of halogens is 2. The Balaban J connectivity index is 1.36. The van der Waals surface area contributed by atoms with Crippen LogP contribution in [0.3, 0.4) is 0 Å². The molecule has 0 atom stereocenters. The number of carbonyl (C=O) groups is 2. The van der Waals surface area contributed by atoms with E-state index in [9.17, 15) is 9.59 Å². The number of imide groups is 1. The van der Waals surface area contributed by atoms with Gasteiger partial charge in [0.2, 0.25) is 0 Å². The average Bonchev–Trinajstić information content (AvgIpc) is 3.28. The first-order valence-corrected chi connectivity index (χ1v) is 14.5. The molecule has 2 aliphatic rings. The molecule has 1 aromatic heterocycles. The number of amides is 2. The maximum absolute atomic E-state index is 13.7. The van der Waals surface area contributed by atoms with Gasteiger partial charge in [0.1, 0.15) is 11.5 Å². The van der Waals surface area contributed by atoms with Crippen LogP contribution >= 0.6 is 23.2 Å². The van der Waals surface area contributed by atoms with E-state index in [2.05, 4.69) is 21.9 Å². The van der Waals surface area contributed by atoms with Crippen molar-refractivity contribution in [1.29, 1.82) is 0 Å². The van der Waals surface area contributed by atoms with E-state index in [1.54, 1.807) is 12.1 Å². The molecule has 0 radical (unpaired) electrons. The SMILES string of the molecule is CCCCc1nc(Cl)c(/C=N/N2C(=O)c3cccc4c(N5CCOCC5)ccc(c34)C2=O)n1Cc1cccc(Cl)c1. The second kappa shape index (κ2) is 11.6. The Morgan fingerprint density at radius 1 is 1.00 bits per heavy atom. The highest BCUT2D eigenvalue weighted by atomic mass is 35.5. The molecule has 2 amide bonds. The van der Waals surface area contributed by atoms with Crippen molar-refractivity contribution in [3.8, 4) is 0 Å². The Bertz CT molecular complexity index is 1650. The van der Waals surface area contributed by atoms with E-state index in [0.717, 1.165) is 59.8 Å². The highest BCUT2D eigenvalue weighted by Gasteiger charge is 2.34. The molecule has 0 spiro atoms. The quantitative estimate of drug-likeness (QED) is 0.180. The van der Waals surface area contributed by atoms with Gasteiger partial charge in [0.25, 0.3) is 11.8 Å². The second-order valence-electron chi connectivity index (χ2n) is 10.2. The van der Waals surface area contributed by atoms with Gasteiger partial charge in [-0.05, 0) is 42.3 Å². The normalized spacial score (nSPS) is 15.5. The van der Waals surface area contributed by atoms with E-state index in [0.29, 0.717) is 47.0 Å². The second-order valence-corrected chi connectivity index (χ2v) is 10.9. The van der Waals surface area contributed by atoms with Crippen LogP contribution in [0.2, 0.25) is 10.2 Å². The third kappa shape index (κ3) is 5.23. The molecular weight excluding hydrogens is 561 g/mol. The summed E-state index contributed by atoms with van der Waals surface area (Å²) in [6.07, 6.45) is 4.13. The van der Waals surface area contributed by atoms with Crippen molar-refractivity contribution >= 4 is 57.7 Å². The topological polar surface area (TPSA) is 80.0 Å². The average molecular weight is 591 g/mol. The largest absolute Gasteiger partial charge is 0.378 e. The van der Waals surface area contributed by atoms with Gasteiger partial charge in [-0.25, -0.2) is 4.98 Å². The maximum atomic E-state index is 13.7. The molecule has 0 saturated carbocycles. The molecule has 1 fully saturated rings. The van der Waals surface area contributed by atoms with Gasteiger partial charge in [0, 0.05) is 47.5 Å². The van der Waals surface area contributed by atoms with Gasteiger partial charge in [-0.3, -0.25) is 9.59 Å². The predicted molar refractivity (Wildman–Crippen MR) is 161 cm³/mol. The molecule has 10 heteroatoms. The molecule has 6 rings (SSSR count). The van der Waals surface area contributed by atoms with Crippen molar-refractivity contribution < 1.29 is 14.3 Å². The third-order valence-corrected chi connectivity index (χ3v) is 8.05. The summed E-state index contributed by atoms with van der Waals surface area (Å²) in [5.41, 5.74) is 3.35. The molecule has 41 heavy (non-hydrogen) atoms. The molecule has 2 aliphatic heterocycles. The van der Waals surface area contributed by atoms with Crippen molar-refractivity contribution in [2.75, 3.05) is 31.2 Å². The number of hydrazone groups is 1. The number of unbranched alkanes of at least 4 members (excludes halogenated alkanes) is 1. The van der Waals surface area contributed by atoms with Crippen LogP contribution in [0.1, 0.15) is 57.6 Å². The number of nitrogens with zero attached hydrogens (tertiary/aromatic N) is 5. The Morgan fingerprint density at radius 2 is 1.76 bits per heavy atom. The number of carbonyl (C=O) groups excluding carboxylic acids is 2. The number of anilines is 1. The molecule has 1 saturated heterocycles. The first-order chi connectivity index (χ1) is 20.0. The maximum Gasteiger partial charge on any atom is 0.282 e. The van der Waals surface area contributed by atoms with Crippen LogP contribution in [0.5, 0.6) is 0 Å². The van der Waals surface area contributed by atoms with Crippen molar-refractivity contribution in [1.82, 2.24) is 14.6 Å².